The minimum atomic E-state index is -0.584. The van der Waals surface area contributed by atoms with Gasteiger partial charge in [0.2, 0.25) is 0 Å². The summed E-state index contributed by atoms with van der Waals surface area (Å²) in [5, 5.41) is 8.92. The molecule has 70 valence electrons. The third-order valence-corrected chi connectivity index (χ3v) is 1.14. The van der Waals surface area contributed by atoms with Crippen LogP contribution in [0.5, 0.6) is 0 Å². The summed E-state index contributed by atoms with van der Waals surface area (Å²) >= 11 is 0. The number of aromatic nitrogens is 2. The van der Waals surface area contributed by atoms with E-state index >= 15 is 0 Å². The second-order valence-electron chi connectivity index (χ2n) is 2.53. The van der Waals surface area contributed by atoms with Crippen molar-refractivity contribution < 1.29 is 4.79 Å². The SMILES string of the molecule is CN(C)/N=N/n1cnc(C(N)=O)c1. The molecule has 0 saturated carbocycles. The quantitative estimate of drug-likeness (QED) is 0.513. The Bertz CT molecular complexity index is 328. The Morgan fingerprint density at radius 1 is 1.69 bits per heavy atom. The Morgan fingerprint density at radius 2 is 2.38 bits per heavy atom. The molecule has 0 radical (unpaired) electrons. The molecular weight excluding hydrogens is 172 g/mol. The molecule has 0 aliphatic rings. The lowest BCUT2D eigenvalue weighted by Gasteiger charge is -1.98. The van der Waals surface area contributed by atoms with Crippen LogP contribution in [0.1, 0.15) is 10.5 Å². The van der Waals surface area contributed by atoms with Crippen molar-refractivity contribution in [2.24, 2.45) is 16.2 Å². The molecule has 13 heavy (non-hydrogen) atoms. The van der Waals surface area contributed by atoms with Crippen molar-refractivity contribution >= 4 is 5.91 Å². The van der Waals surface area contributed by atoms with Crippen LogP contribution in [0.2, 0.25) is 0 Å². The van der Waals surface area contributed by atoms with Gasteiger partial charge in [-0.3, -0.25) is 9.80 Å². The normalized spacial score (nSPS) is 10.6. The first-order valence-electron chi connectivity index (χ1n) is 3.52. The Kier molecular flexibility index (Phi) is 2.58. The summed E-state index contributed by atoms with van der Waals surface area (Å²) in [7, 11) is 3.46. The maximum atomic E-state index is 10.6. The van der Waals surface area contributed by atoms with E-state index in [0.717, 1.165) is 0 Å². The van der Waals surface area contributed by atoms with Crippen molar-refractivity contribution in [3.8, 4) is 0 Å². The van der Waals surface area contributed by atoms with Gasteiger partial charge >= 0.3 is 0 Å². The van der Waals surface area contributed by atoms with E-state index in [1.54, 1.807) is 14.1 Å². The molecule has 0 unspecified atom stereocenters. The first kappa shape index (κ1) is 9.17. The van der Waals surface area contributed by atoms with Crippen LogP contribution in [-0.2, 0) is 0 Å². The van der Waals surface area contributed by atoms with Crippen LogP contribution >= 0.6 is 0 Å². The first-order valence-corrected chi connectivity index (χ1v) is 3.52. The van der Waals surface area contributed by atoms with Crippen LogP contribution in [0.3, 0.4) is 0 Å². The maximum absolute atomic E-state index is 10.6. The molecule has 0 aliphatic heterocycles. The third kappa shape index (κ3) is 2.55. The van der Waals surface area contributed by atoms with E-state index < -0.39 is 5.91 Å². The van der Waals surface area contributed by atoms with Gasteiger partial charge in [0, 0.05) is 14.1 Å². The minimum Gasteiger partial charge on any atom is -0.364 e. The molecule has 0 aliphatic carbocycles. The summed E-state index contributed by atoms with van der Waals surface area (Å²) in [5.41, 5.74) is 5.15. The fourth-order valence-electron chi connectivity index (χ4n) is 0.616. The van der Waals surface area contributed by atoms with Crippen molar-refractivity contribution in [2.75, 3.05) is 14.1 Å². The predicted molar refractivity (Wildman–Crippen MR) is 44.7 cm³/mol. The van der Waals surface area contributed by atoms with Crippen molar-refractivity contribution in [3.05, 3.63) is 18.2 Å². The smallest absolute Gasteiger partial charge is 0.268 e. The molecule has 0 fully saturated rings. The van der Waals surface area contributed by atoms with Crippen molar-refractivity contribution in [1.82, 2.24) is 14.7 Å². The van der Waals surface area contributed by atoms with E-state index in [9.17, 15) is 4.79 Å². The van der Waals surface area contributed by atoms with Gasteiger partial charge in [-0.15, -0.1) is 0 Å². The standard InChI is InChI=1S/C6H10N6O/c1-11(2)9-10-12-3-5(6(7)13)8-4-12/h3-4H,1-2H3,(H2,7,13)/b10-9+. The molecular formula is C6H10N6O. The van der Waals surface area contributed by atoms with E-state index in [0.29, 0.717) is 0 Å². The van der Waals surface area contributed by atoms with Gasteiger partial charge in [0.25, 0.3) is 5.91 Å². The number of carbonyl (C=O) groups is 1. The second kappa shape index (κ2) is 3.65. The van der Waals surface area contributed by atoms with Gasteiger partial charge in [0.1, 0.15) is 12.0 Å². The molecule has 1 aromatic rings. The molecule has 0 bridgehead atoms. The number of imidazole rings is 1. The van der Waals surface area contributed by atoms with E-state index in [1.165, 1.54) is 22.2 Å². The highest BCUT2D eigenvalue weighted by Crippen LogP contribution is 1.94. The molecule has 7 nitrogen and oxygen atoms in total. The zero-order valence-corrected chi connectivity index (χ0v) is 7.38. The minimum absolute atomic E-state index is 0.165. The van der Waals surface area contributed by atoms with Crippen LogP contribution in [0.25, 0.3) is 0 Å². The largest absolute Gasteiger partial charge is 0.364 e. The summed E-state index contributed by atoms with van der Waals surface area (Å²) in [6.45, 7) is 0. The van der Waals surface area contributed by atoms with E-state index in [1.807, 2.05) is 0 Å². The third-order valence-electron chi connectivity index (χ3n) is 1.14. The zero-order chi connectivity index (χ0) is 9.84. The molecule has 1 amide bonds. The monoisotopic (exact) mass is 182 g/mol. The first-order chi connectivity index (χ1) is 6.09. The molecule has 0 saturated heterocycles. The molecule has 2 N–H and O–H groups in total. The molecule has 1 heterocycles. The van der Waals surface area contributed by atoms with Gasteiger partial charge < -0.3 is 5.73 Å². The van der Waals surface area contributed by atoms with Gasteiger partial charge in [0.05, 0.1) is 6.20 Å². The zero-order valence-electron chi connectivity index (χ0n) is 7.38. The fourth-order valence-corrected chi connectivity index (χ4v) is 0.616. The average molecular weight is 182 g/mol. The number of nitrogens with two attached hydrogens (primary N) is 1. The lowest BCUT2D eigenvalue weighted by Crippen LogP contribution is -2.10. The van der Waals surface area contributed by atoms with Crippen LogP contribution in [0.15, 0.2) is 23.0 Å². The van der Waals surface area contributed by atoms with Crippen molar-refractivity contribution in [2.45, 2.75) is 0 Å². The Balaban J connectivity index is 2.75. The number of amides is 1. The van der Waals surface area contributed by atoms with E-state index in [2.05, 4.69) is 15.4 Å². The number of hydrogen-bond donors (Lipinski definition) is 1. The van der Waals surface area contributed by atoms with Gasteiger partial charge in [-0.1, -0.05) is 5.22 Å². The van der Waals surface area contributed by atoms with E-state index in [-0.39, 0.29) is 5.69 Å². The number of rotatable bonds is 3. The lowest BCUT2D eigenvalue weighted by molar-refractivity contribution is 0.0996. The van der Waals surface area contributed by atoms with Crippen LogP contribution in [0.4, 0.5) is 0 Å². The Labute approximate surface area is 74.8 Å². The molecule has 0 atom stereocenters. The molecule has 7 heteroatoms. The highest BCUT2D eigenvalue weighted by atomic mass is 16.1. The van der Waals surface area contributed by atoms with Crippen molar-refractivity contribution in [3.63, 3.8) is 0 Å². The number of primary amides is 1. The maximum Gasteiger partial charge on any atom is 0.268 e. The number of hydrogen-bond acceptors (Lipinski definition) is 4. The molecule has 1 rings (SSSR count). The van der Waals surface area contributed by atoms with Crippen LogP contribution in [-0.4, -0.2) is 34.7 Å². The highest BCUT2D eigenvalue weighted by molar-refractivity contribution is 5.90. The summed E-state index contributed by atoms with van der Waals surface area (Å²) in [5.74, 6) is -0.584. The van der Waals surface area contributed by atoms with Crippen LogP contribution < -0.4 is 5.73 Å². The Hall–Kier alpha value is -1.92. The molecule has 1 aromatic heterocycles. The van der Waals surface area contributed by atoms with Crippen LogP contribution in [0, 0.1) is 0 Å². The summed E-state index contributed by atoms with van der Waals surface area (Å²) < 4.78 is 1.31. The van der Waals surface area contributed by atoms with Gasteiger partial charge in [-0.2, -0.15) is 0 Å². The van der Waals surface area contributed by atoms with Gasteiger partial charge in [-0.25, -0.2) is 9.66 Å². The predicted octanol–water partition coefficient (Wildman–Crippen LogP) is -0.326. The lowest BCUT2D eigenvalue weighted by atomic mass is 10.5. The summed E-state index contributed by atoms with van der Waals surface area (Å²) in [6, 6.07) is 0. The summed E-state index contributed by atoms with van der Waals surface area (Å²) in [6.07, 6.45) is 2.75. The second-order valence-corrected chi connectivity index (χ2v) is 2.53. The number of nitrogens with zero attached hydrogens (tertiary/aromatic N) is 5. The van der Waals surface area contributed by atoms with Gasteiger partial charge in [-0.05, 0) is 5.22 Å². The highest BCUT2D eigenvalue weighted by Gasteiger charge is 2.02. The van der Waals surface area contributed by atoms with E-state index in [4.69, 9.17) is 5.73 Å². The Morgan fingerprint density at radius 3 is 2.85 bits per heavy atom. The topological polar surface area (TPSA) is 88.9 Å². The fraction of sp³-hybridized carbons (Fsp3) is 0.333. The summed E-state index contributed by atoms with van der Waals surface area (Å²) in [4.78, 5) is 14.3. The average Bonchev–Trinajstić information content (AvgIpc) is 2.48. The molecule has 0 aromatic carbocycles. The molecule has 0 spiro atoms. The van der Waals surface area contributed by atoms with Crippen molar-refractivity contribution in [1.29, 1.82) is 0 Å². The number of carbonyl (C=O) groups excluding carboxylic acids is 1. The van der Waals surface area contributed by atoms with Gasteiger partial charge in [0.15, 0.2) is 0 Å².